The second-order valence-electron chi connectivity index (χ2n) is 8.51. The summed E-state index contributed by atoms with van der Waals surface area (Å²) in [6.45, 7) is 2.99. The van der Waals surface area contributed by atoms with Gasteiger partial charge in [0.25, 0.3) is 0 Å². The number of likely N-dealkylation sites (N-methyl/N-ethyl adjacent to an activating group) is 1. The smallest absolute Gasteiger partial charge is 0.243 e. The van der Waals surface area contributed by atoms with E-state index in [0.717, 1.165) is 43.1 Å². The maximum Gasteiger partial charge on any atom is 0.243 e. The molecule has 4 rings (SSSR count). The molecule has 1 aromatic rings. The Morgan fingerprint density at radius 3 is 2.61 bits per heavy atom. The van der Waals surface area contributed by atoms with E-state index in [4.69, 9.17) is 9.73 Å². The van der Waals surface area contributed by atoms with Crippen LogP contribution in [0.2, 0.25) is 0 Å². The Morgan fingerprint density at radius 2 is 1.89 bits per heavy atom. The number of rotatable bonds is 3. The number of likely N-dealkylation sites (tertiary alicyclic amines) is 1. The van der Waals surface area contributed by atoms with Crippen LogP contribution in [0.4, 0.5) is 0 Å². The van der Waals surface area contributed by atoms with Crippen molar-refractivity contribution in [2.45, 2.75) is 38.1 Å². The minimum atomic E-state index is 0.0308. The molecular formula is C22H32N4O2. The van der Waals surface area contributed by atoms with E-state index in [2.05, 4.69) is 22.3 Å². The van der Waals surface area contributed by atoms with Gasteiger partial charge in [-0.25, -0.2) is 4.99 Å². The minimum absolute atomic E-state index is 0.0308. The molecule has 0 bridgehead atoms. The highest BCUT2D eigenvalue weighted by atomic mass is 16.5. The molecule has 0 radical (unpaired) electrons. The van der Waals surface area contributed by atoms with Gasteiger partial charge < -0.3 is 19.9 Å². The second-order valence-corrected chi connectivity index (χ2v) is 8.51. The number of hydrogen-bond acceptors (Lipinski definition) is 3. The fraction of sp³-hybridized carbons (Fsp3) is 0.636. The molecule has 152 valence electrons. The van der Waals surface area contributed by atoms with Gasteiger partial charge in [0.1, 0.15) is 12.3 Å². The largest absolute Gasteiger partial charge is 0.493 e. The summed E-state index contributed by atoms with van der Waals surface area (Å²) in [5.74, 6) is 3.40. The van der Waals surface area contributed by atoms with E-state index in [1.807, 2.05) is 12.1 Å². The molecule has 0 aromatic heterocycles. The fourth-order valence-electron chi connectivity index (χ4n) is 4.75. The lowest BCUT2D eigenvalue weighted by molar-refractivity contribution is -0.127. The molecule has 1 saturated heterocycles. The Bertz CT molecular complexity index is 719. The molecule has 2 fully saturated rings. The number of benzene rings is 1. The van der Waals surface area contributed by atoms with Crippen LogP contribution >= 0.6 is 0 Å². The van der Waals surface area contributed by atoms with Crippen molar-refractivity contribution < 1.29 is 9.53 Å². The highest BCUT2D eigenvalue weighted by Gasteiger charge is 2.36. The maximum atomic E-state index is 12.2. The minimum Gasteiger partial charge on any atom is -0.493 e. The number of carbonyl (C=O) groups excluding carboxylic acids is 1. The molecule has 6 heteroatoms. The normalized spacial score (nSPS) is 26.9. The van der Waals surface area contributed by atoms with E-state index in [1.165, 1.54) is 31.2 Å². The van der Waals surface area contributed by atoms with E-state index in [0.29, 0.717) is 6.61 Å². The molecule has 1 aliphatic carbocycles. The Morgan fingerprint density at radius 1 is 1.18 bits per heavy atom. The quantitative estimate of drug-likeness (QED) is 0.643. The third kappa shape index (κ3) is 4.10. The van der Waals surface area contributed by atoms with Crippen molar-refractivity contribution in [1.82, 2.24) is 15.1 Å². The van der Waals surface area contributed by atoms with Gasteiger partial charge in [0.2, 0.25) is 5.91 Å². The maximum absolute atomic E-state index is 12.2. The van der Waals surface area contributed by atoms with Gasteiger partial charge in [0.05, 0.1) is 12.6 Å². The van der Waals surface area contributed by atoms with Gasteiger partial charge in [0, 0.05) is 39.2 Å². The lowest BCUT2D eigenvalue weighted by atomic mass is 9.82. The van der Waals surface area contributed by atoms with Gasteiger partial charge in [-0.05, 0) is 30.7 Å². The first-order valence-corrected chi connectivity index (χ1v) is 10.6. The van der Waals surface area contributed by atoms with Crippen LogP contribution in [0.15, 0.2) is 29.3 Å². The van der Waals surface area contributed by atoms with Gasteiger partial charge >= 0.3 is 0 Å². The first-order chi connectivity index (χ1) is 13.6. The number of fused-ring (bicyclic) bond motifs is 2. The van der Waals surface area contributed by atoms with E-state index in [-0.39, 0.29) is 18.5 Å². The first-order valence-electron chi connectivity index (χ1n) is 10.6. The van der Waals surface area contributed by atoms with Gasteiger partial charge in [-0.1, -0.05) is 31.0 Å². The average molecular weight is 385 g/mol. The predicted octanol–water partition coefficient (Wildman–Crippen LogP) is 2.67. The van der Waals surface area contributed by atoms with Gasteiger partial charge in [-0.3, -0.25) is 4.79 Å². The van der Waals surface area contributed by atoms with Crippen LogP contribution < -0.4 is 10.1 Å². The predicted molar refractivity (Wildman–Crippen MR) is 110 cm³/mol. The molecule has 1 N–H and O–H groups in total. The average Bonchev–Trinajstić information content (AvgIpc) is 3.15. The van der Waals surface area contributed by atoms with E-state index in [9.17, 15) is 4.79 Å². The van der Waals surface area contributed by atoms with Gasteiger partial charge in [0.15, 0.2) is 5.96 Å². The SMILES string of the molecule is CN(C)C(=O)CN=C(NC1CCOc2ccccc21)N1CC2CCCCC2C1. The molecule has 3 aliphatic rings. The second kappa shape index (κ2) is 8.41. The van der Waals surface area contributed by atoms with E-state index < -0.39 is 0 Å². The monoisotopic (exact) mass is 384 g/mol. The molecule has 2 heterocycles. The summed E-state index contributed by atoms with van der Waals surface area (Å²) < 4.78 is 5.81. The van der Waals surface area contributed by atoms with Crippen molar-refractivity contribution in [3.63, 3.8) is 0 Å². The summed E-state index contributed by atoms with van der Waals surface area (Å²) in [7, 11) is 3.56. The van der Waals surface area contributed by atoms with Crippen LogP contribution in [0, 0.1) is 11.8 Å². The number of ether oxygens (including phenoxy) is 1. The van der Waals surface area contributed by atoms with Crippen molar-refractivity contribution in [3.05, 3.63) is 29.8 Å². The summed E-state index contributed by atoms with van der Waals surface area (Å²) in [6.07, 6.45) is 6.25. The molecule has 0 spiro atoms. The summed E-state index contributed by atoms with van der Waals surface area (Å²) in [4.78, 5) is 20.9. The van der Waals surface area contributed by atoms with Crippen molar-refractivity contribution in [3.8, 4) is 5.75 Å². The van der Waals surface area contributed by atoms with E-state index >= 15 is 0 Å². The third-order valence-corrected chi connectivity index (χ3v) is 6.40. The molecule has 28 heavy (non-hydrogen) atoms. The summed E-state index contributed by atoms with van der Waals surface area (Å²) in [6, 6.07) is 8.38. The molecule has 2 aliphatic heterocycles. The summed E-state index contributed by atoms with van der Waals surface area (Å²) >= 11 is 0. The highest BCUT2D eigenvalue weighted by molar-refractivity contribution is 5.85. The Kier molecular flexibility index (Phi) is 5.74. The van der Waals surface area contributed by atoms with E-state index in [1.54, 1.807) is 19.0 Å². The van der Waals surface area contributed by atoms with Crippen molar-refractivity contribution >= 4 is 11.9 Å². The zero-order chi connectivity index (χ0) is 19.5. The van der Waals surface area contributed by atoms with Crippen LogP contribution in [0.1, 0.15) is 43.7 Å². The number of hydrogen-bond donors (Lipinski definition) is 1. The molecular weight excluding hydrogens is 352 g/mol. The number of carbonyl (C=O) groups is 1. The van der Waals surface area contributed by atoms with Crippen molar-refractivity contribution in [2.24, 2.45) is 16.8 Å². The van der Waals surface area contributed by atoms with Crippen LogP contribution in [0.25, 0.3) is 0 Å². The zero-order valence-corrected chi connectivity index (χ0v) is 17.1. The topological polar surface area (TPSA) is 57.2 Å². The Labute approximate surface area is 167 Å². The standard InChI is InChI=1S/C22H32N4O2/c1-25(2)21(27)13-23-22(26-14-16-7-3-4-8-17(16)15-26)24-19-11-12-28-20-10-6-5-9-18(19)20/h5-6,9-10,16-17,19H,3-4,7-8,11-15H2,1-2H3,(H,23,24). The Balaban J connectivity index is 1.54. The summed E-state index contributed by atoms with van der Waals surface area (Å²) in [5, 5.41) is 3.68. The first kappa shape index (κ1) is 19.1. The Hall–Kier alpha value is -2.24. The molecule has 1 aromatic carbocycles. The number of nitrogens with one attached hydrogen (secondary N) is 1. The number of aliphatic imine (C=N–C) groups is 1. The third-order valence-electron chi connectivity index (χ3n) is 6.40. The van der Waals surface area contributed by atoms with Crippen LogP contribution in [-0.4, -0.2) is 62.0 Å². The number of nitrogens with zero attached hydrogens (tertiary/aromatic N) is 3. The van der Waals surface area contributed by atoms with Gasteiger partial charge in [-0.15, -0.1) is 0 Å². The van der Waals surface area contributed by atoms with Crippen LogP contribution in [-0.2, 0) is 4.79 Å². The van der Waals surface area contributed by atoms with Crippen molar-refractivity contribution in [1.29, 1.82) is 0 Å². The van der Waals surface area contributed by atoms with Crippen LogP contribution in [0.3, 0.4) is 0 Å². The molecule has 6 nitrogen and oxygen atoms in total. The fourth-order valence-corrected chi connectivity index (χ4v) is 4.75. The number of amides is 1. The zero-order valence-electron chi connectivity index (χ0n) is 17.1. The molecule has 3 atom stereocenters. The van der Waals surface area contributed by atoms with Crippen molar-refractivity contribution in [2.75, 3.05) is 40.3 Å². The van der Waals surface area contributed by atoms with Crippen LogP contribution in [0.5, 0.6) is 5.75 Å². The summed E-state index contributed by atoms with van der Waals surface area (Å²) in [5.41, 5.74) is 1.18. The molecule has 1 amide bonds. The highest BCUT2D eigenvalue weighted by Crippen LogP contribution is 2.37. The number of guanidine groups is 1. The number of para-hydroxylation sites is 1. The lowest BCUT2D eigenvalue weighted by Gasteiger charge is -2.31. The molecule has 3 unspecified atom stereocenters. The molecule has 1 saturated carbocycles. The lowest BCUT2D eigenvalue weighted by Crippen LogP contribution is -2.44. The van der Waals surface area contributed by atoms with Gasteiger partial charge in [-0.2, -0.15) is 0 Å².